The third kappa shape index (κ3) is 8.96. The lowest BCUT2D eigenvalue weighted by Gasteiger charge is -2.20. The van der Waals surface area contributed by atoms with Gasteiger partial charge in [0.2, 0.25) is 0 Å². The second-order valence-corrected chi connectivity index (χ2v) is 26.1. The van der Waals surface area contributed by atoms with Crippen molar-refractivity contribution in [2.24, 2.45) is 0 Å². The van der Waals surface area contributed by atoms with Gasteiger partial charge in [-0.15, -0.1) is 0 Å². The van der Waals surface area contributed by atoms with Crippen LogP contribution in [0.1, 0.15) is 0 Å². The van der Waals surface area contributed by atoms with Crippen molar-refractivity contribution in [1.82, 2.24) is 0 Å². The number of hydrogen-bond donors (Lipinski definition) is 0. The maximum absolute atomic E-state index is 7.06. The zero-order valence-corrected chi connectivity index (χ0v) is 53.3. The molecule has 0 spiro atoms. The first-order valence-corrected chi connectivity index (χ1v) is 33.8. The SMILES string of the molecule is c1ccc(-c2cc(-c3ccccc3)cc(-c3c4ccccc4c(-c4cccc5oc6cc7cc(-c8ccc9c(-c%10ccc(-c%11ccccc%11)c(-c%11ccccc%11)c%10)c%10ccccc%10c(-c%10cccc%11oc%12cc%13ccccc%13cc%12c%10%11)c9c8)ccc7cc6c45)c4ccccc34)c2)cc1. The number of benzene rings is 18. The minimum absolute atomic E-state index is 0.853. The third-order valence-corrected chi connectivity index (χ3v) is 20.6. The molecule has 454 valence electrons. The fraction of sp³-hybridized carbons (Fsp3) is 0. The quantitative estimate of drug-likeness (QED) is 0.135. The van der Waals surface area contributed by atoms with Crippen molar-refractivity contribution >= 4 is 109 Å². The van der Waals surface area contributed by atoms with Crippen LogP contribution in [0.5, 0.6) is 0 Å². The lowest BCUT2D eigenvalue weighted by molar-refractivity contribution is 0.669. The van der Waals surface area contributed by atoms with Gasteiger partial charge in [0, 0.05) is 21.5 Å². The Balaban J connectivity index is 0.773. The molecule has 2 heteroatoms. The van der Waals surface area contributed by atoms with Crippen molar-refractivity contribution < 1.29 is 8.83 Å². The van der Waals surface area contributed by atoms with Crippen molar-refractivity contribution in [2.75, 3.05) is 0 Å². The van der Waals surface area contributed by atoms with Crippen molar-refractivity contribution in [2.45, 2.75) is 0 Å². The second-order valence-electron chi connectivity index (χ2n) is 26.1. The summed E-state index contributed by atoms with van der Waals surface area (Å²) in [4.78, 5) is 0. The predicted octanol–water partition coefficient (Wildman–Crippen LogP) is 27.4. The average Bonchev–Trinajstić information content (AvgIpc) is 1.18. The van der Waals surface area contributed by atoms with E-state index in [1.807, 2.05) is 0 Å². The smallest absolute Gasteiger partial charge is 0.136 e. The zero-order valence-electron chi connectivity index (χ0n) is 53.3. The summed E-state index contributed by atoms with van der Waals surface area (Å²) in [5.74, 6) is 0. The van der Waals surface area contributed by atoms with Crippen LogP contribution in [0.3, 0.4) is 0 Å². The number of hydrogen-bond acceptors (Lipinski definition) is 2. The summed E-state index contributed by atoms with van der Waals surface area (Å²) in [6, 6.07) is 129. The molecule has 0 saturated heterocycles. The molecule has 98 heavy (non-hydrogen) atoms. The first-order valence-electron chi connectivity index (χ1n) is 33.8. The first kappa shape index (κ1) is 55.6. The molecule has 0 aliphatic carbocycles. The maximum atomic E-state index is 7.06. The fourth-order valence-electron chi connectivity index (χ4n) is 16.2. The van der Waals surface area contributed by atoms with E-state index in [0.717, 1.165) is 87.9 Å². The molecule has 2 nitrogen and oxygen atoms in total. The molecule has 2 aromatic heterocycles. The van der Waals surface area contributed by atoms with Gasteiger partial charge >= 0.3 is 0 Å². The molecular weight excluding hydrogens is 1190 g/mol. The topological polar surface area (TPSA) is 26.3 Å². The van der Waals surface area contributed by atoms with E-state index >= 15 is 0 Å². The number of furan rings is 2. The summed E-state index contributed by atoms with van der Waals surface area (Å²) in [5.41, 5.74) is 24.6. The van der Waals surface area contributed by atoms with Gasteiger partial charge in [-0.25, -0.2) is 0 Å². The Morgan fingerprint density at radius 3 is 1.07 bits per heavy atom. The fourth-order valence-corrected chi connectivity index (χ4v) is 16.2. The van der Waals surface area contributed by atoms with E-state index in [4.69, 9.17) is 8.83 Å². The van der Waals surface area contributed by atoms with Crippen molar-refractivity contribution in [3.8, 4) is 100 Å². The summed E-state index contributed by atoms with van der Waals surface area (Å²) >= 11 is 0. The summed E-state index contributed by atoms with van der Waals surface area (Å²) in [6.07, 6.45) is 0. The molecule has 20 rings (SSSR count). The Morgan fingerprint density at radius 2 is 0.531 bits per heavy atom. The molecule has 0 aliphatic rings. The van der Waals surface area contributed by atoms with E-state index in [-0.39, 0.29) is 0 Å². The third-order valence-electron chi connectivity index (χ3n) is 20.6. The highest BCUT2D eigenvalue weighted by atomic mass is 16.3. The number of rotatable bonds is 9. The van der Waals surface area contributed by atoms with Gasteiger partial charge in [-0.1, -0.05) is 279 Å². The molecule has 0 aliphatic heterocycles. The van der Waals surface area contributed by atoms with Gasteiger partial charge < -0.3 is 8.83 Å². The summed E-state index contributed by atoms with van der Waals surface area (Å²) in [5, 5.41) is 18.5. The van der Waals surface area contributed by atoms with Gasteiger partial charge in [-0.05, 0) is 238 Å². The Kier molecular flexibility index (Phi) is 12.7. The van der Waals surface area contributed by atoms with E-state index in [1.165, 1.54) is 121 Å². The predicted molar refractivity (Wildman–Crippen MR) is 415 cm³/mol. The van der Waals surface area contributed by atoms with Crippen LogP contribution in [-0.2, 0) is 0 Å². The molecule has 18 aromatic carbocycles. The van der Waals surface area contributed by atoms with Crippen LogP contribution in [0.25, 0.3) is 209 Å². The summed E-state index contributed by atoms with van der Waals surface area (Å²) in [6.45, 7) is 0. The summed E-state index contributed by atoms with van der Waals surface area (Å²) in [7, 11) is 0. The highest BCUT2D eigenvalue weighted by molar-refractivity contribution is 6.29. The lowest BCUT2D eigenvalue weighted by atomic mass is 9.82. The second kappa shape index (κ2) is 22.4. The summed E-state index contributed by atoms with van der Waals surface area (Å²) < 4.78 is 13.9. The van der Waals surface area contributed by atoms with Crippen LogP contribution in [-0.4, -0.2) is 0 Å². The molecule has 0 bridgehead atoms. The van der Waals surface area contributed by atoms with Crippen LogP contribution in [0, 0.1) is 0 Å². The first-order chi connectivity index (χ1) is 48.6. The standard InChI is InChI=1S/C96H58O2/c1-5-23-59(24-6-1)69-50-70(60-25-7-2-8-26-60)52-72(51-69)92-75-34-16-18-36-77(75)93(78-37-19-17-35-76(78)92)81-39-21-41-87-95(81)86-55-67-44-43-65(49-71(67)58-90(86)98-87)66-45-48-80-84(53-66)94(82-40-22-42-88-96(82)85-54-63-31-13-14-32-64(63)57-89(85)97-88)79-38-20-15-33-74(79)91(80)68-46-47-73(61-27-9-3-10-28-61)83(56-68)62-29-11-4-12-30-62/h1-58H. The van der Waals surface area contributed by atoms with Gasteiger partial charge in [0.05, 0.1) is 0 Å². The maximum Gasteiger partial charge on any atom is 0.136 e. The molecule has 0 radical (unpaired) electrons. The largest absolute Gasteiger partial charge is 0.456 e. The molecule has 0 unspecified atom stereocenters. The van der Waals surface area contributed by atoms with Crippen LogP contribution >= 0.6 is 0 Å². The van der Waals surface area contributed by atoms with E-state index in [1.54, 1.807) is 0 Å². The Labute approximate surface area is 565 Å². The van der Waals surface area contributed by atoms with Crippen LogP contribution in [0.4, 0.5) is 0 Å². The number of fused-ring (bicyclic) bond motifs is 12. The van der Waals surface area contributed by atoms with Gasteiger partial charge in [-0.3, -0.25) is 0 Å². The molecule has 0 N–H and O–H groups in total. The Bertz CT molecular complexity index is 6520. The van der Waals surface area contributed by atoms with Gasteiger partial charge in [0.1, 0.15) is 22.3 Å². The Hall–Kier alpha value is -12.9. The van der Waals surface area contributed by atoms with Crippen LogP contribution in [0.2, 0.25) is 0 Å². The molecule has 0 atom stereocenters. The Morgan fingerprint density at radius 1 is 0.143 bits per heavy atom. The van der Waals surface area contributed by atoms with E-state index in [9.17, 15) is 0 Å². The van der Waals surface area contributed by atoms with Crippen LogP contribution in [0.15, 0.2) is 361 Å². The lowest BCUT2D eigenvalue weighted by Crippen LogP contribution is -1.93. The van der Waals surface area contributed by atoms with Gasteiger partial charge in [0.25, 0.3) is 0 Å². The van der Waals surface area contributed by atoms with Crippen molar-refractivity contribution in [3.05, 3.63) is 352 Å². The highest BCUT2D eigenvalue weighted by Gasteiger charge is 2.25. The average molecular weight is 1240 g/mol. The highest BCUT2D eigenvalue weighted by Crippen LogP contribution is 2.52. The van der Waals surface area contributed by atoms with E-state index in [2.05, 4.69) is 352 Å². The van der Waals surface area contributed by atoms with E-state index in [0.29, 0.717) is 0 Å². The normalized spacial score (nSPS) is 11.9. The zero-order chi connectivity index (χ0) is 64.4. The van der Waals surface area contributed by atoms with Gasteiger partial charge in [0.15, 0.2) is 0 Å². The molecule has 0 amide bonds. The van der Waals surface area contributed by atoms with Crippen LogP contribution < -0.4 is 0 Å². The van der Waals surface area contributed by atoms with Crippen molar-refractivity contribution in [1.29, 1.82) is 0 Å². The minimum Gasteiger partial charge on any atom is -0.456 e. The van der Waals surface area contributed by atoms with E-state index < -0.39 is 0 Å². The molecule has 0 fully saturated rings. The molecular formula is C96H58O2. The van der Waals surface area contributed by atoms with Crippen molar-refractivity contribution in [3.63, 3.8) is 0 Å². The monoisotopic (exact) mass is 1240 g/mol. The van der Waals surface area contributed by atoms with Gasteiger partial charge in [-0.2, -0.15) is 0 Å². The molecule has 20 aromatic rings. The minimum atomic E-state index is 0.853. The molecule has 2 heterocycles. The molecule has 0 saturated carbocycles.